The molecule has 1 unspecified atom stereocenters. The molecule has 1 N–H and O–H groups in total. The fourth-order valence-electron chi connectivity index (χ4n) is 2.71. The van der Waals surface area contributed by atoms with Gasteiger partial charge in [-0.3, -0.25) is 9.59 Å². The van der Waals surface area contributed by atoms with Gasteiger partial charge in [-0.05, 0) is 30.5 Å². The summed E-state index contributed by atoms with van der Waals surface area (Å²) in [7, 11) is 0. The predicted octanol–water partition coefficient (Wildman–Crippen LogP) is 3.76. The van der Waals surface area contributed by atoms with Gasteiger partial charge >= 0.3 is 5.97 Å². The number of ether oxygens (including phenoxy) is 3. The van der Waals surface area contributed by atoms with Gasteiger partial charge < -0.3 is 19.5 Å². The number of thiazole rings is 1. The summed E-state index contributed by atoms with van der Waals surface area (Å²) in [5, 5.41) is 7.40. The minimum Gasteiger partial charge on any atom is -0.486 e. The molecule has 0 bridgehead atoms. The average molecular weight is 431 g/mol. The molecule has 1 aliphatic rings. The van der Waals surface area contributed by atoms with Crippen LogP contribution in [0, 0.1) is 0 Å². The molecule has 3 heterocycles. The van der Waals surface area contributed by atoms with Gasteiger partial charge in [-0.15, -0.1) is 22.7 Å². The second kappa shape index (κ2) is 8.62. The van der Waals surface area contributed by atoms with E-state index in [1.54, 1.807) is 29.5 Å². The number of rotatable bonds is 6. The quantitative estimate of drug-likeness (QED) is 0.600. The van der Waals surface area contributed by atoms with Gasteiger partial charge in [0.1, 0.15) is 18.2 Å². The van der Waals surface area contributed by atoms with Crippen molar-refractivity contribution in [2.45, 2.75) is 19.4 Å². The first-order valence-electron chi connectivity index (χ1n) is 8.97. The number of nitrogens with one attached hydrogen (secondary N) is 1. The number of thiophene rings is 1. The third-order valence-electron chi connectivity index (χ3n) is 4.10. The molecule has 3 aromatic rings. The summed E-state index contributed by atoms with van der Waals surface area (Å²) in [6.45, 7) is 2.49. The van der Waals surface area contributed by atoms with Crippen molar-refractivity contribution in [1.29, 1.82) is 0 Å². The highest BCUT2D eigenvalue weighted by molar-refractivity contribution is 7.20. The van der Waals surface area contributed by atoms with E-state index in [-0.39, 0.29) is 6.42 Å². The number of hydrogen-bond donors (Lipinski definition) is 1. The number of nitrogens with zero attached hydrogens (tertiary/aromatic N) is 1. The molecule has 0 radical (unpaired) electrons. The second-order valence-electron chi connectivity index (χ2n) is 6.28. The number of fused-ring (bicyclic) bond motifs is 1. The molecule has 0 aliphatic carbocycles. The Hall–Kier alpha value is -2.91. The maximum atomic E-state index is 12.4. The van der Waals surface area contributed by atoms with E-state index in [0.29, 0.717) is 36.1 Å². The zero-order valence-corrected chi connectivity index (χ0v) is 17.2. The third kappa shape index (κ3) is 4.75. The van der Waals surface area contributed by atoms with E-state index in [0.717, 1.165) is 9.88 Å². The van der Waals surface area contributed by atoms with Crippen molar-refractivity contribution < 1.29 is 23.8 Å². The molecule has 7 nitrogen and oxygen atoms in total. The topological polar surface area (TPSA) is 86.8 Å². The van der Waals surface area contributed by atoms with Crippen LogP contribution in [0.3, 0.4) is 0 Å². The van der Waals surface area contributed by atoms with Crippen LogP contribution in [0.15, 0.2) is 41.1 Å². The summed E-state index contributed by atoms with van der Waals surface area (Å²) >= 11 is 3.07. The monoisotopic (exact) mass is 430 g/mol. The first-order chi connectivity index (χ1) is 14.1. The van der Waals surface area contributed by atoms with Gasteiger partial charge in [-0.1, -0.05) is 6.07 Å². The molecule has 1 atom stereocenters. The van der Waals surface area contributed by atoms with Crippen LogP contribution in [-0.2, 0) is 20.7 Å². The van der Waals surface area contributed by atoms with E-state index in [9.17, 15) is 9.59 Å². The average Bonchev–Trinajstić information content (AvgIpc) is 3.39. The normalized spacial score (nSPS) is 13.6. The van der Waals surface area contributed by atoms with Crippen LogP contribution in [0.5, 0.6) is 11.5 Å². The SMILES string of the molecule is CC(OC(=O)Cc1csc(-c2cccs2)n1)C(=O)Nc1ccc2c(c1)OCCO2. The van der Waals surface area contributed by atoms with E-state index in [2.05, 4.69) is 10.3 Å². The Labute approximate surface area is 175 Å². The van der Waals surface area contributed by atoms with E-state index in [4.69, 9.17) is 14.2 Å². The van der Waals surface area contributed by atoms with Gasteiger partial charge in [0.25, 0.3) is 5.91 Å². The van der Waals surface area contributed by atoms with Crippen LogP contribution >= 0.6 is 22.7 Å². The zero-order valence-electron chi connectivity index (χ0n) is 15.5. The summed E-state index contributed by atoms with van der Waals surface area (Å²) in [5.74, 6) is 0.285. The zero-order chi connectivity index (χ0) is 20.2. The van der Waals surface area contributed by atoms with Crippen molar-refractivity contribution in [2.24, 2.45) is 0 Å². The smallest absolute Gasteiger partial charge is 0.312 e. The number of anilines is 1. The first kappa shape index (κ1) is 19.4. The Morgan fingerprint density at radius 2 is 2.03 bits per heavy atom. The van der Waals surface area contributed by atoms with Gasteiger partial charge in [0.15, 0.2) is 17.6 Å². The van der Waals surface area contributed by atoms with Crippen LogP contribution in [0.25, 0.3) is 9.88 Å². The second-order valence-corrected chi connectivity index (χ2v) is 8.08. The highest BCUT2D eigenvalue weighted by atomic mass is 32.1. The Balaban J connectivity index is 1.31. The number of benzene rings is 1. The molecule has 1 aliphatic heterocycles. The fraction of sp³-hybridized carbons (Fsp3) is 0.250. The van der Waals surface area contributed by atoms with Gasteiger partial charge in [-0.25, -0.2) is 4.98 Å². The summed E-state index contributed by atoms with van der Waals surface area (Å²) < 4.78 is 16.2. The summed E-state index contributed by atoms with van der Waals surface area (Å²) in [5.41, 5.74) is 1.17. The minimum absolute atomic E-state index is 0.0174. The molecule has 29 heavy (non-hydrogen) atoms. The van der Waals surface area contributed by atoms with Crippen molar-refractivity contribution in [2.75, 3.05) is 18.5 Å². The molecule has 0 saturated carbocycles. The Bertz CT molecular complexity index is 1020. The summed E-state index contributed by atoms with van der Waals surface area (Å²) in [4.78, 5) is 30.1. The molecule has 150 valence electrons. The molecular formula is C20H18N2O5S2. The minimum atomic E-state index is -0.939. The number of amides is 1. The largest absolute Gasteiger partial charge is 0.486 e. The number of carbonyl (C=O) groups excluding carboxylic acids is 2. The Kier molecular flexibility index (Phi) is 5.77. The van der Waals surface area contributed by atoms with Crippen LogP contribution in [0.2, 0.25) is 0 Å². The van der Waals surface area contributed by atoms with Crippen LogP contribution in [-0.4, -0.2) is 36.2 Å². The van der Waals surface area contributed by atoms with E-state index < -0.39 is 18.0 Å². The highest BCUT2D eigenvalue weighted by Crippen LogP contribution is 2.32. The maximum Gasteiger partial charge on any atom is 0.312 e. The Morgan fingerprint density at radius 1 is 1.21 bits per heavy atom. The molecule has 1 aromatic carbocycles. The highest BCUT2D eigenvalue weighted by Gasteiger charge is 2.20. The predicted molar refractivity (Wildman–Crippen MR) is 111 cm³/mol. The molecule has 1 amide bonds. The molecule has 0 spiro atoms. The standard InChI is InChI=1S/C20H18N2O5S2/c1-12(19(24)21-13-4-5-15-16(9-13)26-7-6-25-15)27-18(23)10-14-11-29-20(22-14)17-3-2-8-28-17/h2-5,8-9,11-12H,6-7,10H2,1H3,(H,21,24). The van der Waals surface area contributed by atoms with Crippen molar-refractivity contribution >= 4 is 40.2 Å². The van der Waals surface area contributed by atoms with Gasteiger partial charge in [-0.2, -0.15) is 0 Å². The third-order valence-corrected chi connectivity index (χ3v) is 6.03. The van der Waals surface area contributed by atoms with Crippen LogP contribution in [0.4, 0.5) is 5.69 Å². The van der Waals surface area contributed by atoms with Gasteiger partial charge in [0.05, 0.1) is 17.0 Å². The number of carbonyl (C=O) groups is 2. The lowest BCUT2D eigenvalue weighted by Crippen LogP contribution is -2.30. The lowest BCUT2D eigenvalue weighted by Gasteiger charge is -2.19. The van der Waals surface area contributed by atoms with E-state index in [1.807, 2.05) is 22.9 Å². The summed E-state index contributed by atoms with van der Waals surface area (Å²) in [6.07, 6.45) is -0.921. The van der Waals surface area contributed by atoms with Crippen LogP contribution < -0.4 is 14.8 Å². The number of esters is 1. The van der Waals surface area contributed by atoms with Gasteiger partial charge in [0, 0.05) is 17.1 Å². The van der Waals surface area contributed by atoms with Crippen molar-refractivity contribution in [1.82, 2.24) is 4.98 Å². The molecular weight excluding hydrogens is 412 g/mol. The van der Waals surface area contributed by atoms with Crippen molar-refractivity contribution in [3.05, 3.63) is 46.8 Å². The molecule has 0 saturated heterocycles. The summed E-state index contributed by atoms with van der Waals surface area (Å²) in [6, 6.07) is 9.06. The molecule has 2 aromatic heterocycles. The lowest BCUT2D eigenvalue weighted by molar-refractivity contribution is -0.152. The van der Waals surface area contributed by atoms with E-state index >= 15 is 0 Å². The first-order valence-corrected chi connectivity index (χ1v) is 10.7. The number of hydrogen-bond acceptors (Lipinski definition) is 8. The van der Waals surface area contributed by atoms with Gasteiger partial charge in [0.2, 0.25) is 0 Å². The van der Waals surface area contributed by atoms with Crippen molar-refractivity contribution in [3.8, 4) is 21.4 Å². The molecule has 4 rings (SSSR count). The fourth-order valence-corrected chi connectivity index (χ4v) is 4.34. The Morgan fingerprint density at radius 3 is 2.83 bits per heavy atom. The van der Waals surface area contributed by atoms with Crippen molar-refractivity contribution in [3.63, 3.8) is 0 Å². The lowest BCUT2D eigenvalue weighted by atomic mass is 10.2. The molecule has 0 fully saturated rings. The van der Waals surface area contributed by atoms with Crippen LogP contribution in [0.1, 0.15) is 12.6 Å². The molecule has 9 heteroatoms. The maximum absolute atomic E-state index is 12.4. The number of aromatic nitrogens is 1. The van der Waals surface area contributed by atoms with E-state index in [1.165, 1.54) is 18.3 Å².